The van der Waals surface area contributed by atoms with Crippen molar-refractivity contribution in [2.75, 3.05) is 21.1 Å². The Labute approximate surface area is 74.8 Å². The van der Waals surface area contributed by atoms with Crippen molar-refractivity contribution in [1.29, 1.82) is 0 Å². The minimum absolute atomic E-state index is 0.311. The Hall–Kier alpha value is -0.540. The van der Waals surface area contributed by atoms with E-state index in [1.807, 2.05) is 26.2 Å². The zero-order chi connectivity index (χ0) is 9.19. The van der Waals surface area contributed by atoms with Crippen LogP contribution in [0, 0.1) is 0 Å². The van der Waals surface area contributed by atoms with E-state index in [0.717, 1.165) is 0 Å². The van der Waals surface area contributed by atoms with Gasteiger partial charge in [0.15, 0.2) is 0 Å². The normalized spacial score (nSPS) is 20.8. The van der Waals surface area contributed by atoms with Gasteiger partial charge in [-0.15, -0.1) is 0 Å². The lowest BCUT2D eigenvalue weighted by Crippen LogP contribution is -2.32. The van der Waals surface area contributed by atoms with Crippen molar-refractivity contribution in [2.24, 2.45) is 0 Å². The van der Waals surface area contributed by atoms with Gasteiger partial charge in [0.25, 0.3) is 0 Å². The van der Waals surface area contributed by atoms with E-state index in [-0.39, 0.29) is 0 Å². The van der Waals surface area contributed by atoms with Crippen LogP contribution in [0.15, 0.2) is 11.8 Å². The number of nitrogens with one attached hydrogen (secondary N) is 2. The summed E-state index contributed by atoms with van der Waals surface area (Å²) in [5.41, 5.74) is 4.76. The van der Waals surface area contributed by atoms with Gasteiger partial charge in [0.05, 0.1) is 0 Å². The van der Waals surface area contributed by atoms with Gasteiger partial charge in [0.2, 0.25) is 0 Å². The second-order valence-corrected chi connectivity index (χ2v) is 3.48. The second-order valence-electron chi connectivity index (χ2n) is 3.48. The molecule has 0 aliphatic heterocycles. The third kappa shape index (κ3) is 1.79. The van der Waals surface area contributed by atoms with Gasteiger partial charge in [-0.05, 0) is 32.4 Å². The maximum absolute atomic E-state index is 3.36. The van der Waals surface area contributed by atoms with E-state index in [2.05, 4.69) is 23.9 Å². The molecule has 0 aromatic heterocycles. The van der Waals surface area contributed by atoms with Crippen LogP contribution >= 0.6 is 0 Å². The molecule has 1 rings (SSSR count). The summed E-state index contributed by atoms with van der Waals surface area (Å²) in [6.07, 6.45) is 4.68. The maximum atomic E-state index is 3.36. The van der Waals surface area contributed by atoms with Crippen molar-refractivity contribution >= 4 is 0 Å². The lowest BCUT2D eigenvalue weighted by atomic mass is 10.1. The molecular formula is C9H19N3. The van der Waals surface area contributed by atoms with Crippen molar-refractivity contribution in [2.45, 2.75) is 25.3 Å². The van der Waals surface area contributed by atoms with Crippen LogP contribution in [-0.4, -0.2) is 31.7 Å². The maximum Gasteiger partial charge on any atom is 0.0407 e. The zero-order valence-electron chi connectivity index (χ0n) is 8.44. The summed E-state index contributed by atoms with van der Waals surface area (Å²) in [5.74, 6) is 0. The van der Waals surface area contributed by atoms with Gasteiger partial charge >= 0.3 is 0 Å². The molecule has 0 spiro atoms. The van der Waals surface area contributed by atoms with E-state index in [4.69, 9.17) is 0 Å². The number of hydrazine groups is 1. The van der Waals surface area contributed by atoms with Gasteiger partial charge in [-0.1, -0.05) is 0 Å². The molecule has 0 radical (unpaired) electrons. The molecule has 2 N–H and O–H groups in total. The van der Waals surface area contributed by atoms with Crippen molar-refractivity contribution in [1.82, 2.24) is 15.8 Å². The van der Waals surface area contributed by atoms with E-state index in [0.29, 0.717) is 5.54 Å². The summed E-state index contributed by atoms with van der Waals surface area (Å²) in [6.45, 7) is 2.18. The van der Waals surface area contributed by atoms with E-state index in [1.165, 1.54) is 18.4 Å². The highest BCUT2D eigenvalue weighted by Gasteiger charge is 2.42. The number of rotatable bonds is 4. The lowest BCUT2D eigenvalue weighted by molar-refractivity contribution is 0.358. The van der Waals surface area contributed by atoms with Crippen molar-refractivity contribution < 1.29 is 0 Å². The van der Waals surface area contributed by atoms with Gasteiger partial charge in [-0.3, -0.25) is 0 Å². The average Bonchev–Trinajstić information content (AvgIpc) is 2.84. The summed E-state index contributed by atoms with van der Waals surface area (Å²) in [5, 5.41) is 5.34. The minimum atomic E-state index is 0.311. The summed E-state index contributed by atoms with van der Waals surface area (Å²) in [6, 6.07) is 0. The Bertz CT molecular complexity index is 182. The molecule has 0 amide bonds. The number of hydrogen-bond acceptors (Lipinski definition) is 3. The highest BCUT2D eigenvalue weighted by atomic mass is 15.5. The van der Waals surface area contributed by atoms with Crippen LogP contribution in [0.3, 0.4) is 0 Å². The summed E-state index contributed by atoms with van der Waals surface area (Å²) < 4.78 is 0. The Balaban J connectivity index is 2.57. The molecule has 1 saturated carbocycles. The third-order valence-corrected chi connectivity index (χ3v) is 2.72. The molecule has 0 heterocycles. The molecule has 0 aromatic carbocycles. The molecular weight excluding hydrogens is 150 g/mol. The summed E-state index contributed by atoms with van der Waals surface area (Å²) in [7, 11) is 5.96. The highest BCUT2D eigenvalue weighted by Crippen LogP contribution is 2.41. The van der Waals surface area contributed by atoms with Crippen LogP contribution in [0.5, 0.6) is 0 Å². The van der Waals surface area contributed by atoms with Crippen LogP contribution in [-0.2, 0) is 0 Å². The highest BCUT2D eigenvalue weighted by molar-refractivity contribution is 5.25. The first-order chi connectivity index (χ1) is 5.64. The van der Waals surface area contributed by atoms with Crippen molar-refractivity contribution in [3.05, 3.63) is 11.8 Å². The molecule has 12 heavy (non-hydrogen) atoms. The van der Waals surface area contributed by atoms with Crippen LogP contribution in [0.4, 0.5) is 0 Å². The molecule has 0 saturated heterocycles. The fourth-order valence-electron chi connectivity index (χ4n) is 1.45. The van der Waals surface area contributed by atoms with Crippen LogP contribution in [0.1, 0.15) is 19.8 Å². The van der Waals surface area contributed by atoms with Crippen molar-refractivity contribution in [3.63, 3.8) is 0 Å². The predicted molar refractivity (Wildman–Crippen MR) is 51.6 cm³/mol. The zero-order valence-corrected chi connectivity index (χ0v) is 8.44. The summed E-state index contributed by atoms with van der Waals surface area (Å²) in [4.78, 5) is 0. The Kier molecular flexibility index (Phi) is 2.75. The van der Waals surface area contributed by atoms with Crippen LogP contribution in [0.25, 0.3) is 0 Å². The molecule has 1 fully saturated rings. The monoisotopic (exact) mass is 169 g/mol. The Morgan fingerprint density at radius 1 is 1.42 bits per heavy atom. The molecule has 3 heteroatoms. The van der Waals surface area contributed by atoms with Gasteiger partial charge in [-0.2, -0.15) is 0 Å². The molecule has 0 bridgehead atoms. The van der Waals surface area contributed by atoms with Gasteiger partial charge < -0.3 is 10.3 Å². The second kappa shape index (κ2) is 3.46. The standard InChI is InChI=1S/C9H19N3/c1-8(7-12(4)11-3)9(10-2)5-6-9/h7,10-11H,5-6H2,1-4H3/b8-7+. The van der Waals surface area contributed by atoms with E-state index in [9.17, 15) is 0 Å². The fourth-order valence-corrected chi connectivity index (χ4v) is 1.45. The van der Waals surface area contributed by atoms with Gasteiger partial charge in [0, 0.05) is 25.8 Å². The van der Waals surface area contributed by atoms with Gasteiger partial charge in [-0.25, -0.2) is 5.43 Å². The lowest BCUT2D eigenvalue weighted by Gasteiger charge is -2.19. The molecule has 70 valence electrons. The van der Waals surface area contributed by atoms with E-state index < -0.39 is 0 Å². The largest absolute Gasteiger partial charge is 0.319 e. The average molecular weight is 169 g/mol. The molecule has 0 unspecified atom stereocenters. The Morgan fingerprint density at radius 2 is 2.00 bits per heavy atom. The summed E-state index contributed by atoms with van der Waals surface area (Å²) >= 11 is 0. The molecule has 0 aromatic rings. The molecule has 1 aliphatic carbocycles. The number of hydrogen-bond donors (Lipinski definition) is 2. The first kappa shape index (κ1) is 9.55. The molecule has 0 atom stereocenters. The predicted octanol–water partition coefficient (Wildman–Crippen LogP) is 0.708. The van der Waals surface area contributed by atoms with Crippen molar-refractivity contribution in [3.8, 4) is 0 Å². The topological polar surface area (TPSA) is 27.3 Å². The number of likely N-dealkylation sites (N-methyl/N-ethyl adjacent to an activating group) is 1. The quantitative estimate of drug-likeness (QED) is 0.607. The molecule has 1 aliphatic rings. The first-order valence-corrected chi connectivity index (χ1v) is 4.42. The first-order valence-electron chi connectivity index (χ1n) is 4.42. The van der Waals surface area contributed by atoms with E-state index >= 15 is 0 Å². The van der Waals surface area contributed by atoms with E-state index in [1.54, 1.807) is 0 Å². The third-order valence-electron chi connectivity index (χ3n) is 2.72. The van der Waals surface area contributed by atoms with Gasteiger partial charge in [0.1, 0.15) is 0 Å². The molecule has 3 nitrogen and oxygen atoms in total. The van der Waals surface area contributed by atoms with Crippen LogP contribution in [0.2, 0.25) is 0 Å². The Morgan fingerprint density at radius 3 is 2.33 bits per heavy atom. The van der Waals surface area contributed by atoms with Crippen LogP contribution < -0.4 is 10.7 Å². The smallest absolute Gasteiger partial charge is 0.0407 e. The minimum Gasteiger partial charge on any atom is -0.319 e. The SMILES string of the molecule is CNN(C)/C=C(\C)C1(NC)CC1. The fraction of sp³-hybridized carbons (Fsp3) is 0.778. The number of nitrogens with zero attached hydrogens (tertiary/aromatic N) is 1.